The van der Waals surface area contributed by atoms with Gasteiger partial charge in [0.1, 0.15) is 17.4 Å². The summed E-state index contributed by atoms with van der Waals surface area (Å²) in [6.07, 6.45) is 0.284. The van der Waals surface area contributed by atoms with E-state index >= 15 is 0 Å². The van der Waals surface area contributed by atoms with Crippen LogP contribution in [0.1, 0.15) is 21.8 Å². The van der Waals surface area contributed by atoms with Gasteiger partial charge in [0.15, 0.2) is 0 Å². The molecule has 0 atom stereocenters. The SMILES string of the molecule is Cc1ccc(OCc2nc(CC(=O)N3CCN(Cc4cccc([N+](=O)[O-])c4)CC3)cs2)cc1. The standard InChI is InChI=1S/C24H26N4O4S/c1-18-5-7-22(8-6-18)32-16-23-25-20(17-33-23)14-24(29)27-11-9-26(10-12-27)15-19-3-2-4-21(13-19)28(30)31/h2-8,13,17H,9-12,14-16H2,1H3. The van der Waals surface area contributed by atoms with E-state index in [0.29, 0.717) is 26.2 Å². The van der Waals surface area contributed by atoms with Crippen molar-refractivity contribution in [1.29, 1.82) is 0 Å². The van der Waals surface area contributed by atoms with E-state index in [1.165, 1.54) is 23.0 Å². The summed E-state index contributed by atoms with van der Waals surface area (Å²) in [7, 11) is 0. The number of carbonyl (C=O) groups is 1. The fraction of sp³-hybridized carbons (Fsp3) is 0.333. The Kier molecular flexibility index (Phi) is 7.31. The first-order chi connectivity index (χ1) is 16.0. The molecule has 0 saturated carbocycles. The quantitative estimate of drug-likeness (QED) is 0.370. The molecular weight excluding hydrogens is 440 g/mol. The van der Waals surface area contributed by atoms with Crippen molar-refractivity contribution in [1.82, 2.24) is 14.8 Å². The van der Waals surface area contributed by atoms with Gasteiger partial charge in [-0.15, -0.1) is 11.3 Å². The van der Waals surface area contributed by atoms with Gasteiger partial charge in [0.05, 0.1) is 17.0 Å². The van der Waals surface area contributed by atoms with E-state index in [2.05, 4.69) is 9.88 Å². The molecule has 0 aliphatic carbocycles. The van der Waals surface area contributed by atoms with Crippen molar-refractivity contribution in [2.24, 2.45) is 0 Å². The Labute approximate surface area is 196 Å². The van der Waals surface area contributed by atoms with Crippen molar-refractivity contribution >= 4 is 22.9 Å². The van der Waals surface area contributed by atoms with E-state index in [9.17, 15) is 14.9 Å². The minimum Gasteiger partial charge on any atom is -0.486 e. The number of aryl methyl sites for hydroxylation is 1. The van der Waals surface area contributed by atoms with E-state index < -0.39 is 0 Å². The number of nitro groups is 1. The summed E-state index contributed by atoms with van der Waals surface area (Å²) in [5.41, 5.74) is 2.97. The minimum absolute atomic E-state index is 0.0706. The molecule has 1 aliphatic heterocycles. The van der Waals surface area contributed by atoms with Crippen LogP contribution in [0.4, 0.5) is 5.69 Å². The molecule has 1 aliphatic rings. The van der Waals surface area contributed by atoms with Crippen molar-refractivity contribution in [2.75, 3.05) is 26.2 Å². The molecule has 3 aromatic rings. The number of nitro benzene ring substituents is 1. The van der Waals surface area contributed by atoms with Crippen LogP contribution in [0.15, 0.2) is 53.9 Å². The molecule has 2 heterocycles. The lowest BCUT2D eigenvalue weighted by atomic mass is 10.1. The summed E-state index contributed by atoms with van der Waals surface area (Å²) in [5, 5.41) is 13.7. The topological polar surface area (TPSA) is 88.8 Å². The van der Waals surface area contributed by atoms with Crippen molar-refractivity contribution in [3.8, 4) is 5.75 Å². The average Bonchev–Trinajstić information content (AvgIpc) is 3.26. The van der Waals surface area contributed by atoms with Crippen molar-refractivity contribution in [3.63, 3.8) is 0 Å². The van der Waals surface area contributed by atoms with Crippen LogP contribution < -0.4 is 4.74 Å². The number of hydrogen-bond donors (Lipinski definition) is 0. The van der Waals surface area contributed by atoms with E-state index in [-0.39, 0.29) is 22.9 Å². The van der Waals surface area contributed by atoms with Gasteiger partial charge in [0.2, 0.25) is 5.91 Å². The van der Waals surface area contributed by atoms with E-state index in [1.54, 1.807) is 12.1 Å². The Morgan fingerprint density at radius 2 is 1.91 bits per heavy atom. The first-order valence-corrected chi connectivity index (χ1v) is 11.7. The third kappa shape index (κ3) is 6.36. The lowest BCUT2D eigenvalue weighted by molar-refractivity contribution is -0.384. The molecule has 0 unspecified atom stereocenters. The van der Waals surface area contributed by atoms with Crippen LogP contribution in [0.25, 0.3) is 0 Å². The predicted molar refractivity (Wildman–Crippen MR) is 126 cm³/mol. The third-order valence-corrected chi connectivity index (χ3v) is 6.44. The maximum absolute atomic E-state index is 12.7. The zero-order chi connectivity index (χ0) is 23.2. The summed E-state index contributed by atoms with van der Waals surface area (Å²) in [6.45, 7) is 5.81. The van der Waals surface area contributed by atoms with Crippen LogP contribution in [-0.2, 0) is 24.4 Å². The molecule has 172 valence electrons. The number of rotatable bonds is 8. The van der Waals surface area contributed by atoms with E-state index in [0.717, 1.165) is 35.1 Å². The summed E-state index contributed by atoms with van der Waals surface area (Å²) in [4.78, 5) is 32.0. The fourth-order valence-electron chi connectivity index (χ4n) is 3.72. The third-order valence-electron chi connectivity index (χ3n) is 5.57. The van der Waals surface area contributed by atoms with Gasteiger partial charge >= 0.3 is 0 Å². The van der Waals surface area contributed by atoms with Crippen LogP contribution in [0, 0.1) is 17.0 Å². The van der Waals surface area contributed by atoms with Gasteiger partial charge in [-0.3, -0.25) is 19.8 Å². The molecule has 0 bridgehead atoms. The first kappa shape index (κ1) is 22.9. The van der Waals surface area contributed by atoms with Gasteiger partial charge in [-0.05, 0) is 24.6 Å². The molecule has 1 saturated heterocycles. The maximum atomic E-state index is 12.7. The highest BCUT2D eigenvalue weighted by Gasteiger charge is 2.22. The number of ether oxygens (including phenoxy) is 1. The molecule has 4 rings (SSSR count). The number of non-ortho nitro benzene ring substituents is 1. The molecule has 8 nitrogen and oxygen atoms in total. The molecule has 33 heavy (non-hydrogen) atoms. The Bertz CT molecular complexity index is 1110. The number of thiazole rings is 1. The number of nitrogens with zero attached hydrogens (tertiary/aromatic N) is 4. The van der Waals surface area contributed by atoms with Crippen molar-refractivity contribution in [3.05, 3.63) is 85.9 Å². The molecule has 0 N–H and O–H groups in total. The van der Waals surface area contributed by atoms with Crippen molar-refractivity contribution < 1.29 is 14.5 Å². The molecule has 1 fully saturated rings. The number of piperazine rings is 1. The summed E-state index contributed by atoms with van der Waals surface area (Å²) in [5.74, 6) is 0.873. The summed E-state index contributed by atoms with van der Waals surface area (Å²) >= 11 is 1.50. The maximum Gasteiger partial charge on any atom is 0.269 e. The van der Waals surface area contributed by atoms with E-state index in [1.807, 2.05) is 47.5 Å². The van der Waals surface area contributed by atoms with Gasteiger partial charge in [0.25, 0.3) is 5.69 Å². The molecule has 2 aromatic carbocycles. The number of hydrogen-bond acceptors (Lipinski definition) is 7. The lowest BCUT2D eigenvalue weighted by Gasteiger charge is -2.34. The summed E-state index contributed by atoms with van der Waals surface area (Å²) < 4.78 is 5.77. The van der Waals surface area contributed by atoms with Crippen LogP contribution in [-0.4, -0.2) is 51.8 Å². The van der Waals surface area contributed by atoms with Gasteiger partial charge in [-0.25, -0.2) is 4.98 Å². The second kappa shape index (κ2) is 10.5. The first-order valence-electron chi connectivity index (χ1n) is 10.8. The van der Waals surface area contributed by atoms with Gasteiger partial charge in [-0.1, -0.05) is 29.8 Å². The number of aromatic nitrogens is 1. The Morgan fingerprint density at radius 1 is 1.15 bits per heavy atom. The molecular formula is C24H26N4O4S. The molecule has 0 radical (unpaired) electrons. The van der Waals surface area contributed by atoms with Gasteiger partial charge in [-0.2, -0.15) is 0 Å². The Morgan fingerprint density at radius 3 is 2.64 bits per heavy atom. The highest BCUT2D eigenvalue weighted by Crippen LogP contribution is 2.18. The zero-order valence-corrected chi connectivity index (χ0v) is 19.3. The Hall–Kier alpha value is -3.30. The largest absolute Gasteiger partial charge is 0.486 e. The Balaban J connectivity index is 1.23. The molecule has 0 spiro atoms. The minimum atomic E-state index is -0.376. The molecule has 1 aromatic heterocycles. The average molecular weight is 467 g/mol. The zero-order valence-electron chi connectivity index (χ0n) is 18.5. The second-order valence-corrected chi connectivity index (χ2v) is 9.04. The highest BCUT2D eigenvalue weighted by atomic mass is 32.1. The van der Waals surface area contributed by atoms with Crippen LogP contribution in [0.5, 0.6) is 5.75 Å². The molecule has 9 heteroatoms. The number of benzene rings is 2. The van der Waals surface area contributed by atoms with Crippen molar-refractivity contribution in [2.45, 2.75) is 26.5 Å². The smallest absolute Gasteiger partial charge is 0.269 e. The van der Waals surface area contributed by atoms with E-state index in [4.69, 9.17) is 4.74 Å². The monoisotopic (exact) mass is 466 g/mol. The number of carbonyl (C=O) groups excluding carboxylic acids is 1. The van der Waals surface area contributed by atoms with Crippen LogP contribution >= 0.6 is 11.3 Å². The van der Waals surface area contributed by atoms with Crippen LogP contribution in [0.2, 0.25) is 0 Å². The second-order valence-electron chi connectivity index (χ2n) is 8.10. The van der Waals surface area contributed by atoms with Gasteiger partial charge < -0.3 is 9.64 Å². The molecule has 1 amide bonds. The van der Waals surface area contributed by atoms with Gasteiger partial charge in [0, 0.05) is 50.2 Å². The number of amides is 1. The summed E-state index contributed by atoms with van der Waals surface area (Å²) in [6, 6.07) is 14.6. The van der Waals surface area contributed by atoms with Crippen LogP contribution in [0.3, 0.4) is 0 Å². The highest BCUT2D eigenvalue weighted by molar-refractivity contribution is 7.09. The fourth-order valence-corrected chi connectivity index (χ4v) is 4.43. The lowest BCUT2D eigenvalue weighted by Crippen LogP contribution is -2.48. The normalized spacial score (nSPS) is 14.3. The predicted octanol–water partition coefficient (Wildman–Crippen LogP) is 3.83.